The first kappa shape index (κ1) is 13.6. The summed E-state index contributed by atoms with van der Waals surface area (Å²) >= 11 is -2.00. The van der Waals surface area contributed by atoms with Crippen LogP contribution < -0.4 is 3.58 Å². The number of aromatic nitrogens is 1. The molecule has 0 spiro atoms. The number of fused-ring (bicyclic) bond motifs is 1. The van der Waals surface area contributed by atoms with E-state index in [-0.39, 0.29) is 0 Å². The summed E-state index contributed by atoms with van der Waals surface area (Å²) in [7, 11) is 0. The van der Waals surface area contributed by atoms with Crippen LogP contribution in [-0.4, -0.2) is 23.4 Å². The van der Waals surface area contributed by atoms with E-state index in [0.717, 1.165) is 5.52 Å². The molecule has 0 saturated heterocycles. The minimum atomic E-state index is -2.00. The molecule has 1 aromatic heterocycles. The van der Waals surface area contributed by atoms with Crippen molar-refractivity contribution in [3.8, 4) is 0 Å². The third-order valence-electron chi connectivity index (χ3n) is 3.31. The zero-order valence-electron chi connectivity index (χ0n) is 11.9. The van der Waals surface area contributed by atoms with Gasteiger partial charge in [0.1, 0.15) is 0 Å². The Morgan fingerprint density at radius 1 is 1.17 bits per heavy atom. The van der Waals surface area contributed by atoms with Crippen molar-refractivity contribution in [3.63, 3.8) is 0 Å². The van der Waals surface area contributed by atoms with E-state index in [0.29, 0.717) is 0 Å². The predicted octanol–water partition coefficient (Wildman–Crippen LogP) is 4.12. The molecule has 0 saturated carbocycles. The first-order valence-corrected chi connectivity index (χ1v) is 16.4. The van der Waals surface area contributed by atoms with Gasteiger partial charge in [0.2, 0.25) is 0 Å². The van der Waals surface area contributed by atoms with Gasteiger partial charge < -0.3 is 0 Å². The van der Waals surface area contributed by atoms with Crippen molar-refractivity contribution in [2.45, 2.75) is 28.7 Å². The van der Waals surface area contributed by atoms with Crippen molar-refractivity contribution in [1.29, 1.82) is 0 Å². The molecule has 0 N–H and O–H groups in total. The van der Waals surface area contributed by atoms with E-state index in [4.69, 9.17) is 0 Å². The Morgan fingerprint density at radius 3 is 2.50 bits per heavy atom. The predicted molar refractivity (Wildman–Crippen MR) is 84.2 cm³/mol. The molecule has 1 aromatic carbocycles. The second-order valence-corrected chi connectivity index (χ2v) is 20.3. The molecule has 94 valence electrons. The van der Waals surface area contributed by atoms with Crippen molar-refractivity contribution in [2.75, 3.05) is 0 Å². The SMILES string of the molecule is C/C=C\c1c(C)cnc2cc[c]([Sn]([CH3])([CH3])[CH3])cc12. The van der Waals surface area contributed by atoms with Crippen LogP contribution in [0.1, 0.15) is 18.1 Å². The normalized spacial score (nSPS) is 12.5. The van der Waals surface area contributed by atoms with Crippen LogP contribution in [-0.2, 0) is 0 Å². The fourth-order valence-electron chi connectivity index (χ4n) is 2.17. The molecule has 0 fully saturated rings. The number of rotatable bonds is 2. The van der Waals surface area contributed by atoms with Crippen LogP contribution in [0.5, 0.6) is 0 Å². The Kier molecular flexibility index (Phi) is 3.81. The Hall–Kier alpha value is -0.831. The maximum absolute atomic E-state index is 4.54. The van der Waals surface area contributed by atoms with E-state index in [2.05, 4.69) is 64.0 Å². The molecule has 1 nitrogen and oxygen atoms in total. The van der Waals surface area contributed by atoms with Crippen LogP contribution >= 0.6 is 0 Å². The zero-order chi connectivity index (χ0) is 13.3. The fourth-order valence-corrected chi connectivity index (χ4v) is 5.48. The molecule has 2 heteroatoms. The van der Waals surface area contributed by atoms with Crippen LogP contribution in [0.15, 0.2) is 30.5 Å². The van der Waals surface area contributed by atoms with E-state index in [9.17, 15) is 0 Å². The summed E-state index contributed by atoms with van der Waals surface area (Å²) in [5.41, 5.74) is 3.68. The summed E-state index contributed by atoms with van der Waals surface area (Å²) in [5.74, 6) is 0. The molecule has 1 heterocycles. The maximum atomic E-state index is 4.54. The second-order valence-electron chi connectivity index (χ2n) is 5.84. The van der Waals surface area contributed by atoms with Gasteiger partial charge in [-0.1, -0.05) is 0 Å². The number of allylic oxidation sites excluding steroid dienone is 1. The fraction of sp³-hybridized carbons (Fsp3) is 0.312. The van der Waals surface area contributed by atoms with Gasteiger partial charge in [0.25, 0.3) is 0 Å². The van der Waals surface area contributed by atoms with Gasteiger partial charge in [0, 0.05) is 0 Å². The molecule has 18 heavy (non-hydrogen) atoms. The van der Waals surface area contributed by atoms with Crippen molar-refractivity contribution in [3.05, 3.63) is 41.6 Å². The molecule has 0 amide bonds. The Morgan fingerprint density at radius 2 is 1.89 bits per heavy atom. The molecular weight excluding hydrogens is 325 g/mol. The van der Waals surface area contributed by atoms with Crippen LogP contribution in [0.25, 0.3) is 17.0 Å². The second kappa shape index (κ2) is 5.04. The van der Waals surface area contributed by atoms with Crippen molar-refractivity contribution in [1.82, 2.24) is 4.98 Å². The number of benzene rings is 1. The van der Waals surface area contributed by atoms with Gasteiger partial charge in [0.15, 0.2) is 0 Å². The van der Waals surface area contributed by atoms with Crippen molar-refractivity contribution in [2.24, 2.45) is 0 Å². The molecule has 0 radical (unpaired) electrons. The minimum absolute atomic E-state index is 1.10. The van der Waals surface area contributed by atoms with E-state index in [1.807, 2.05) is 6.20 Å². The molecule has 2 aromatic rings. The van der Waals surface area contributed by atoms with E-state index in [1.54, 1.807) is 3.58 Å². The third-order valence-corrected chi connectivity index (χ3v) is 9.14. The number of hydrogen-bond acceptors (Lipinski definition) is 1. The summed E-state index contributed by atoms with van der Waals surface area (Å²) in [4.78, 5) is 11.9. The van der Waals surface area contributed by atoms with E-state index >= 15 is 0 Å². The molecule has 0 aliphatic carbocycles. The van der Waals surface area contributed by atoms with Gasteiger partial charge in [-0.2, -0.15) is 0 Å². The quantitative estimate of drug-likeness (QED) is 0.746. The zero-order valence-corrected chi connectivity index (χ0v) is 14.8. The summed E-state index contributed by atoms with van der Waals surface area (Å²) in [6.45, 7) is 4.20. The van der Waals surface area contributed by atoms with Crippen molar-refractivity contribution >= 4 is 38.9 Å². The molecule has 0 aliphatic rings. The van der Waals surface area contributed by atoms with Gasteiger partial charge in [0.05, 0.1) is 0 Å². The standard InChI is InChI=1S/C13H12N.3CH3.Sn/c1-3-6-11-10(2)9-14-13-8-5-4-7-12(11)13;;;;/h3,5-9H,1-2H3;3*1H3;/b6-3-;;;;. The first-order chi connectivity index (χ1) is 8.43. The summed E-state index contributed by atoms with van der Waals surface area (Å²) in [6.07, 6.45) is 6.27. The van der Waals surface area contributed by atoms with Gasteiger partial charge in [-0.3, -0.25) is 0 Å². The van der Waals surface area contributed by atoms with Gasteiger partial charge in [-0.05, 0) is 0 Å². The average Bonchev–Trinajstić information content (AvgIpc) is 2.31. The molecule has 0 bridgehead atoms. The van der Waals surface area contributed by atoms with Gasteiger partial charge in [-0.15, -0.1) is 0 Å². The Bertz CT molecular complexity index is 606. The Balaban J connectivity index is 2.77. The van der Waals surface area contributed by atoms with Crippen LogP contribution in [0, 0.1) is 6.92 Å². The average molecular weight is 346 g/mol. The summed E-state index contributed by atoms with van der Waals surface area (Å²) < 4.78 is 1.56. The van der Waals surface area contributed by atoms with Crippen LogP contribution in [0.4, 0.5) is 0 Å². The van der Waals surface area contributed by atoms with Gasteiger partial charge in [-0.25, -0.2) is 0 Å². The summed E-state index contributed by atoms with van der Waals surface area (Å²) in [5, 5.41) is 1.30. The van der Waals surface area contributed by atoms with Crippen molar-refractivity contribution < 1.29 is 0 Å². The molecule has 0 aliphatic heterocycles. The van der Waals surface area contributed by atoms with Crippen LogP contribution in [0.3, 0.4) is 0 Å². The number of aryl methyl sites for hydroxylation is 1. The molecule has 2 rings (SSSR count). The Labute approximate surface area is 114 Å². The van der Waals surface area contributed by atoms with Crippen LogP contribution in [0.2, 0.25) is 14.8 Å². The number of nitrogens with zero attached hydrogens (tertiary/aromatic N) is 1. The summed E-state index contributed by atoms with van der Waals surface area (Å²) in [6, 6.07) is 6.83. The third kappa shape index (κ3) is 2.61. The van der Waals surface area contributed by atoms with E-state index < -0.39 is 18.4 Å². The topological polar surface area (TPSA) is 12.9 Å². The first-order valence-electron chi connectivity index (χ1n) is 6.46. The monoisotopic (exact) mass is 347 g/mol. The van der Waals surface area contributed by atoms with Gasteiger partial charge >= 0.3 is 114 Å². The number of hydrogen-bond donors (Lipinski definition) is 0. The molecule has 0 atom stereocenters. The molecular formula is C16H21NSn. The molecule has 0 unspecified atom stereocenters. The van der Waals surface area contributed by atoms with E-state index in [1.165, 1.54) is 16.5 Å². The number of pyridine rings is 1.